The van der Waals surface area contributed by atoms with E-state index in [-0.39, 0.29) is 6.01 Å². The van der Waals surface area contributed by atoms with Crippen LogP contribution in [0.3, 0.4) is 0 Å². The summed E-state index contributed by atoms with van der Waals surface area (Å²) in [5, 5.41) is 6.29. The van der Waals surface area contributed by atoms with Crippen molar-refractivity contribution in [2.45, 2.75) is 13.5 Å². The van der Waals surface area contributed by atoms with Crippen LogP contribution >= 0.6 is 0 Å². The quantitative estimate of drug-likeness (QED) is 0.366. The summed E-state index contributed by atoms with van der Waals surface area (Å²) in [5.74, 6) is 1.97. The van der Waals surface area contributed by atoms with Crippen molar-refractivity contribution in [2.24, 2.45) is 0 Å². The molecule has 0 atom stereocenters. The van der Waals surface area contributed by atoms with Gasteiger partial charge in [0, 0.05) is 18.1 Å². The number of aromatic nitrogens is 5. The first-order valence-corrected chi connectivity index (χ1v) is 10.00. The lowest BCUT2D eigenvalue weighted by molar-refractivity contribution is 0.312. The van der Waals surface area contributed by atoms with Gasteiger partial charge in [0.15, 0.2) is 5.58 Å². The molecule has 2 N–H and O–H groups in total. The number of nitrogens with one attached hydrogen (secondary N) is 2. The topological polar surface area (TPSA) is 124 Å². The fourth-order valence-electron chi connectivity index (χ4n) is 3.01. The molecule has 0 aliphatic carbocycles. The lowest BCUT2D eigenvalue weighted by Gasteiger charge is -2.09. The molecule has 4 aromatic heterocycles. The van der Waals surface area contributed by atoms with Crippen molar-refractivity contribution in [1.82, 2.24) is 24.9 Å². The zero-order valence-electron chi connectivity index (χ0n) is 17.1. The minimum Gasteiger partial charge on any atom is -0.467 e. The highest BCUT2D eigenvalue weighted by Crippen LogP contribution is 2.27. The molecule has 10 heteroatoms. The van der Waals surface area contributed by atoms with E-state index in [1.54, 1.807) is 18.7 Å². The summed E-state index contributed by atoms with van der Waals surface area (Å²) >= 11 is 0. The minimum absolute atomic E-state index is 0.216. The van der Waals surface area contributed by atoms with Gasteiger partial charge >= 0.3 is 6.01 Å². The van der Waals surface area contributed by atoms with Crippen LogP contribution in [0.2, 0.25) is 0 Å². The highest BCUT2D eigenvalue weighted by atomic mass is 16.5. The molecular weight excluding hydrogens is 410 g/mol. The Labute approximate surface area is 182 Å². The first kappa shape index (κ1) is 19.5. The van der Waals surface area contributed by atoms with Crippen LogP contribution in [-0.4, -0.2) is 31.5 Å². The molecule has 0 fully saturated rings. The SMILES string of the molecule is CCOc1nc(NCc2ccco2)nc(Nc2ccc3oc(-c4cccnc4)nc3c2)n1. The van der Waals surface area contributed by atoms with Gasteiger partial charge in [-0.15, -0.1) is 0 Å². The van der Waals surface area contributed by atoms with E-state index in [1.165, 1.54) is 0 Å². The molecule has 1 aromatic carbocycles. The van der Waals surface area contributed by atoms with Crippen LogP contribution in [-0.2, 0) is 6.54 Å². The zero-order chi connectivity index (χ0) is 21.8. The highest BCUT2D eigenvalue weighted by molar-refractivity contribution is 5.80. The first-order chi connectivity index (χ1) is 15.8. The molecule has 0 radical (unpaired) electrons. The number of hydrogen-bond acceptors (Lipinski definition) is 10. The maximum Gasteiger partial charge on any atom is 0.323 e. The maximum absolute atomic E-state index is 5.84. The predicted molar refractivity (Wildman–Crippen MR) is 118 cm³/mol. The van der Waals surface area contributed by atoms with Gasteiger partial charge in [-0.2, -0.15) is 15.0 Å². The Morgan fingerprint density at radius 1 is 1.00 bits per heavy atom. The van der Waals surface area contributed by atoms with Gasteiger partial charge in [-0.25, -0.2) is 4.98 Å². The summed E-state index contributed by atoms with van der Waals surface area (Å²) in [6.45, 7) is 2.73. The van der Waals surface area contributed by atoms with Crippen LogP contribution in [0.15, 0.2) is 70.0 Å². The number of furan rings is 1. The van der Waals surface area contributed by atoms with Crippen LogP contribution in [0.5, 0.6) is 6.01 Å². The normalized spacial score (nSPS) is 10.9. The van der Waals surface area contributed by atoms with E-state index in [1.807, 2.05) is 49.4 Å². The van der Waals surface area contributed by atoms with Crippen LogP contribution < -0.4 is 15.4 Å². The second-order valence-electron chi connectivity index (χ2n) is 6.70. The van der Waals surface area contributed by atoms with Gasteiger partial charge < -0.3 is 24.2 Å². The zero-order valence-corrected chi connectivity index (χ0v) is 17.1. The second-order valence-corrected chi connectivity index (χ2v) is 6.70. The number of ether oxygens (including phenoxy) is 1. The average Bonchev–Trinajstić information content (AvgIpc) is 3.48. The van der Waals surface area contributed by atoms with E-state index < -0.39 is 0 Å². The third kappa shape index (κ3) is 4.33. The third-order valence-corrected chi connectivity index (χ3v) is 4.44. The van der Waals surface area contributed by atoms with E-state index in [9.17, 15) is 0 Å². The lowest BCUT2D eigenvalue weighted by Crippen LogP contribution is -2.09. The van der Waals surface area contributed by atoms with Crippen LogP contribution in [0.1, 0.15) is 12.7 Å². The fraction of sp³-hybridized carbons (Fsp3) is 0.136. The number of hydrogen-bond donors (Lipinski definition) is 2. The Balaban J connectivity index is 1.39. The van der Waals surface area contributed by atoms with Crippen LogP contribution in [0.25, 0.3) is 22.6 Å². The van der Waals surface area contributed by atoms with Crippen molar-refractivity contribution >= 4 is 28.7 Å². The molecule has 32 heavy (non-hydrogen) atoms. The fourth-order valence-corrected chi connectivity index (χ4v) is 3.01. The first-order valence-electron chi connectivity index (χ1n) is 10.00. The van der Waals surface area contributed by atoms with Crippen molar-refractivity contribution < 1.29 is 13.6 Å². The van der Waals surface area contributed by atoms with Gasteiger partial charge in [0.05, 0.1) is 25.0 Å². The third-order valence-electron chi connectivity index (χ3n) is 4.44. The molecule has 0 saturated carbocycles. The maximum atomic E-state index is 5.84. The summed E-state index contributed by atoms with van der Waals surface area (Å²) < 4.78 is 16.7. The van der Waals surface area contributed by atoms with Crippen molar-refractivity contribution in [3.05, 3.63) is 66.9 Å². The molecule has 0 unspecified atom stereocenters. The van der Waals surface area contributed by atoms with Gasteiger partial charge in [0.1, 0.15) is 11.3 Å². The predicted octanol–water partition coefficient (Wildman–Crippen LogP) is 4.42. The smallest absolute Gasteiger partial charge is 0.323 e. The summed E-state index contributed by atoms with van der Waals surface area (Å²) in [5.41, 5.74) is 2.92. The molecule has 0 aliphatic rings. The molecule has 0 amide bonds. The van der Waals surface area contributed by atoms with E-state index in [0.29, 0.717) is 42.0 Å². The number of benzene rings is 1. The van der Waals surface area contributed by atoms with Gasteiger partial charge in [-0.1, -0.05) is 0 Å². The standard InChI is InChI=1S/C22H19N7O3/c1-2-30-22-28-20(24-13-16-6-4-10-31-16)27-21(29-22)25-15-7-8-18-17(11-15)26-19(32-18)14-5-3-9-23-12-14/h3-12H,2,13H2,1H3,(H2,24,25,27,28,29). The molecule has 0 saturated heterocycles. The minimum atomic E-state index is 0.216. The van der Waals surface area contributed by atoms with Gasteiger partial charge in [0.2, 0.25) is 17.8 Å². The van der Waals surface area contributed by atoms with Crippen molar-refractivity contribution in [2.75, 3.05) is 17.2 Å². The van der Waals surface area contributed by atoms with E-state index in [4.69, 9.17) is 13.6 Å². The molecule has 5 rings (SSSR count). The Morgan fingerprint density at radius 2 is 1.94 bits per heavy atom. The number of fused-ring (bicyclic) bond motifs is 1. The average molecular weight is 429 g/mol. The van der Waals surface area contributed by atoms with Gasteiger partial charge in [-0.05, 0) is 49.4 Å². The Morgan fingerprint density at radius 3 is 2.75 bits per heavy atom. The van der Waals surface area contributed by atoms with Gasteiger partial charge in [0.25, 0.3) is 0 Å². The highest BCUT2D eigenvalue weighted by Gasteiger charge is 2.12. The Kier molecular flexibility index (Phi) is 5.31. The molecule has 4 heterocycles. The summed E-state index contributed by atoms with van der Waals surface area (Å²) in [7, 11) is 0. The van der Waals surface area contributed by atoms with E-state index in [0.717, 1.165) is 17.0 Å². The monoisotopic (exact) mass is 429 g/mol. The molecule has 0 aliphatic heterocycles. The summed E-state index contributed by atoms with van der Waals surface area (Å²) in [6.07, 6.45) is 5.03. The van der Waals surface area contributed by atoms with E-state index >= 15 is 0 Å². The van der Waals surface area contributed by atoms with Gasteiger partial charge in [-0.3, -0.25) is 4.98 Å². The molecular formula is C22H19N7O3. The molecule has 5 aromatic rings. The number of pyridine rings is 1. The second kappa shape index (κ2) is 8.72. The van der Waals surface area contributed by atoms with Crippen molar-refractivity contribution in [3.8, 4) is 17.5 Å². The summed E-state index contributed by atoms with van der Waals surface area (Å²) in [4.78, 5) is 21.7. The van der Waals surface area contributed by atoms with Crippen LogP contribution in [0.4, 0.5) is 17.6 Å². The summed E-state index contributed by atoms with van der Waals surface area (Å²) in [6, 6.07) is 13.2. The number of anilines is 3. The molecule has 10 nitrogen and oxygen atoms in total. The molecule has 160 valence electrons. The molecule has 0 bridgehead atoms. The Hall–Kier alpha value is -4.47. The number of nitrogens with zero attached hydrogens (tertiary/aromatic N) is 5. The van der Waals surface area contributed by atoms with Crippen LogP contribution in [0, 0.1) is 0 Å². The van der Waals surface area contributed by atoms with Crippen molar-refractivity contribution in [3.63, 3.8) is 0 Å². The number of rotatable bonds is 8. The molecule has 0 spiro atoms. The Bertz CT molecular complexity index is 1320. The largest absolute Gasteiger partial charge is 0.467 e. The lowest BCUT2D eigenvalue weighted by atomic mass is 10.3. The van der Waals surface area contributed by atoms with Crippen molar-refractivity contribution in [1.29, 1.82) is 0 Å². The van der Waals surface area contributed by atoms with E-state index in [2.05, 4.69) is 35.6 Å². The number of oxazole rings is 1.